The van der Waals surface area contributed by atoms with Gasteiger partial charge in [0.25, 0.3) is 0 Å². The molecule has 3 fully saturated rings. The molecule has 4 rings (SSSR count). The Morgan fingerprint density at radius 3 is 1.91 bits per heavy atom. The summed E-state index contributed by atoms with van der Waals surface area (Å²) < 4.78 is 24.3. The van der Waals surface area contributed by atoms with Crippen LogP contribution in [0.25, 0.3) is 0 Å². The zero-order valence-corrected chi connectivity index (χ0v) is 46.5. The largest absolute Gasteiger partial charge is 0.462 e. The van der Waals surface area contributed by atoms with Crippen molar-refractivity contribution >= 4 is 17.8 Å². The number of nitrogens with zero attached hydrogens (tertiary/aromatic N) is 2. The minimum atomic E-state index is -2.32. The summed E-state index contributed by atoms with van der Waals surface area (Å²) in [4.78, 5) is 43.7. The van der Waals surface area contributed by atoms with Crippen molar-refractivity contribution in [2.75, 3.05) is 52.9 Å². The number of ether oxygens (including phenoxy) is 4. The molecular weight excluding hydrogens is 1030 g/mol. The van der Waals surface area contributed by atoms with Gasteiger partial charge in [-0.15, -0.1) is 0 Å². The molecule has 4 heterocycles. The number of cyclic esters (lactones) is 1. The lowest BCUT2D eigenvalue weighted by atomic mass is 9.81. The van der Waals surface area contributed by atoms with E-state index in [-0.39, 0.29) is 44.8 Å². The molecule has 22 heteroatoms. The van der Waals surface area contributed by atoms with E-state index in [2.05, 4.69) is 15.5 Å². The van der Waals surface area contributed by atoms with Crippen molar-refractivity contribution in [1.29, 1.82) is 0 Å². The minimum absolute atomic E-state index is 0.0126. The molecule has 13 N–H and O–H groups in total. The van der Waals surface area contributed by atoms with Crippen molar-refractivity contribution < 1.29 is 89.5 Å². The second kappa shape index (κ2) is 34.4. The molecule has 1 unspecified atom stereocenters. The lowest BCUT2D eigenvalue weighted by Gasteiger charge is -2.47. The summed E-state index contributed by atoms with van der Waals surface area (Å²) in [5.41, 5.74) is 0. The number of nitrogens with one attached hydrogen (secondary N) is 2. The first-order chi connectivity index (χ1) is 37.6. The first-order valence-electron chi connectivity index (χ1n) is 27.8. The molecule has 0 aromatic rings. The molecule has 0 spiro atoms. The molecule has 0 radical (unpaired) electrons. The minimum Gasteiger partial charge on any atom is -0.462 e. The van der Waals surface area contributed by atoms with Gasteiger partial charge in [-0.3, -0.25) is 19.3 Å². The van der Waals surface area contributed by atoms with E-state index in [1.54, 1.807) is 80.5 Å². The normalized spacial score (nSPS) is 40.9. The summed E-state index contributed by atoms with van der Waals surface area (Å²) in [6, 6.07) is -1.23. The van der Waals surface area contributed by atoms with Crippen molar-refractivity contribution in [3.63, 3.8) is 0 Å². The molecule has 4 aliphatic heterocycles. The summed E-state index contributed by atoms with van der Waals surface area (Å²) in [6.07, 6.45) is 4.24. The summed E-state index contributed by atoms with van der Waals surface area (Å²) in [7, 11) is 1.56. The maximum absolute atomic E-state index is 14.6. The zero-order chi connectivity index (χ0) is 58.2. The molecule has 0 aromatic heterocycles. The van der Waals surface area contributed by atoms with Gasteiger partial charge in [0.1, 0.15) is 18.3 Å². The van der Waals surface area contributed by atoms with Crippen molar-refractivity contribution in [1.82, 2.24) is 20.4 Å². The number of likely N-dealkylation sites (N-methyl/N-ethyl adjacent to an activating group) is 1. The lowest BCUT2D eigenvalue weighted by Crippen LogP contribution is -2.64. The van der Waals surface area contributed by atoms with Gasteiger partial charge in [0.15, 0.2) is 12.1 Å². The van der Waals surface area contributed by atoms with Crippen molar-refractivity contribution in [2.45, 2.75) is 183 Å². The Morgan fingerprint density at radius 1 is 0.696 bits per heavy atom. The monoisotopic (exact) mass is 1120 g/mol. The first-order valence-corrected chi connectivity index (χ1v) is 27.8. The van der Waals surface area contributed by atoms with Crippen LogP contribution in [0.3, 0.4) is 0 Å². The van der Waals surface area contributed by atoms with Gasteiger partial charge in [-0.25, -0.2) is 0 Å². The second-order valence-corrected chi connectivity index (χ2v) is 21.5. The highest BCUT2D eigenvalue weighted by molar-refractivity contribution is 5.80. The molecule has 79 heavy (non-hydrogen) atoms. The number of carbonyl (C=O) groups excluding carboxylic acids is 3. The average Bonchev–Trinajstić information content (AvgIpc) is 3.44. The van der Waals surface area contributed by atoms with Crippen LogP contribution in [0.4, 0.5) is 0 Å². The Labute approximate surface area is 465 Å². The van der Waals surface area contributed by atoms with Crippen LogP contribution in [0.1, 0.15) is 85.5 Å². The fraction of sp³-hybridized carbons (Fsp3) is 0.702. The second-order valence-electron chi connectivity index (χ2n) is 21.5. The Bertz CT molecular complexity index is 2050. The third-order valence-corrected chi connectivity index (χ3v) is 15.0. The van der Waals surface area contributed by atoms with Gasteiger partial charge in [-0.2, -0.15) is 0 Å². The predicted molar refractivity (Wildman–Crippen MR) is 292 cm³/mol. The number of amides is 2. The van der Waals surface area contributed by atoms with Crippen LogP contribution < -0.4 is 10.6 Å². The Hall–Kier alpha value is -4.05. The average molecular weight is 1120 g/mol. The third-order valence-electron chi connectivity index (χ3n) is 15.0. The maximum atomic E-state index is 14.6. The SMILES string of the molecule is CNCC(=O)N[C@@H]1[C@H](O)[C@@H](O[C@H]2/C=C/C=C/C=C/C=C/C=C/C=C/C=C/[C@H](C)[C@@H](O)[C@@H](C)[C@H](C)OC(=O)C[C@H](O)C[C@H](O)CC[C@@H](O)[C@H](O)C[C@H](O)CC3(O)C[C@H](O)[C@@H](C(=O)N4CCN(CCCO)CC4)[C@H](C2)O3)O[C@@H](C)[C@H]1O. The van der Waals surface area contributed by atoms with Gasteiger partial charge in [-0.05, 0) is 46.6 Å². The van der Waals surface area contributed by atoms with Crippen LogP contribution in [0, 0.1) is 17.8 Å². The van der Waals surface area contributed by atoms with E-state index in [1.165, 1.54) is 6.92 Å². The number of esters is 1. The van der Waals surface area contributed by atoms with Crippen molar-refractivity contribution in [2.24, 2.45) is 17.8 Å². The topological polar surface area (TPSA) is 341 Å². The molecule has 0 aromatic carbocycles. The predicted octanol–water partition coefficient (Wildman–Crippen LogP) is -0.469. The number of hydrogen-bond acceptors (Lipinski definition) is 20. The molecule has 0 saturated carbocycles. The number of allylic oxidation sites excluding steroid dienone is 12. The molecule has 448 valence electrons. The molecule has 0 aliphatic carbocycles. The molecule has 19 atom stereocenters. The summed E-state index contributed by atoms with van der Waals surface area (Å²) in [6.45, 7) is 8.87. The van der Waals surface area contributed by atoms with E-state index < -0.39 is 153 Å². The number of rotatable bonds is 9. The van der Waals surface area contributed by atoms with Crippen LogP contribution in [-0.4, -0.2) is 234 Å². The van der Waals surface area contributed by atoms with Crippen LogP contribution in [0.15, 0.2) is 85.1 Å². The molecular formula is C57H92N4O18. The fourth-order valence-electron chi connectivity index (χ4n) is 10.2. The standard InChI is InChI=1S/C57H92N4O18/c1-36-19-16-14-12-10-8-6-7-9-11-13-15-17-20-43(78-56-54(73)51(53(72)39(4)77-56)59-48(69)35-58-5)32-47-50(55(74)61-26-24-60(25-27-61)23-18-28-62)46(68)34-57(75,79-47)33-42(65)30-45(67)44(66)22-21-40(63)29-41(64)31-49(70)76-38(3)37(2)52(36)71/h6-17,19-20,36-47,50-54,56,58,62-68,71-73,75H,18,21-35H2,1-5H3,(H,59,69)/b7-6+,10-8+,11-9+,14-12+,15-13+,19-16+,20-17+/t36-,37-,38-,39-,40+,41+,42-,43-,44+,45+,46-,47-,50+,51-,52+,53+,54-,56+,57?/m0/s1. The van der Waals surface area contributed by atoms with Crippen LogP contribution in [0.2, 0.25) is 0 Å². The van der Waals surface area contributed by atoms with Gasteiger partial charge in [0.2, 0.25) is 11.8 Å². The summed E-state index contributed by atoms with van der Waals surface area (Å²) in [5.74, 6) is -6.09. The highest BCUT2D eigenvalue weighted by Gasteiger charge is 2.52. The lowest BCUT2D eigenvalue weighted by molar-refractivity contribution is -0.308. The fourth-order valence-corrected chi connectivity index (χ4v) is 10.2. The van der Waals surface area contributed by atoms with Gasteiger partial charge >= 0.3 is 5.97 Å². The highest BCUT2D eigenvalue weighted by Crippen LogP contribution is 2.39. The van der Waals surface area contributed by atoms with Crippen LogP contribution >= 0.6 is 0 Å². The zero-order valence-electron chi connectivity index (χ0n) is 46.5. The molecule has 2 bridgehead atoms. The van der Waals surface area contributed by atoms with Crippen LogP contribution in [-0.2, 0) is 33.3 Å². The molecule has 3 saturated heterocycles. The molecule has 22 nitrogen and oxygen atoms in total. The van der Waals surface area contributed by atoms with Gasteiger partial charge in [-0.1, -0.05) is 98.9 Å². The van der Waals surface area contributed by atoms with E-state index in [4.69, 9.17) is 18.9 Å². The van der Waals surface area contributed by atoms with E-state index >= 15 is 0 Å². The van der Waals surface area contributed by atoms with E-state index in [9.17, 15) is 70.6 Å². The number of piperazine rings is 1. The van der Waals surface area contributed by atoms with Crippen LogP contribution in [0.5, 0.6) is 0 Å². The Kier molecular flexibility index (Phi) is 29.4. The number of fused-ring (bicyclic) bond motifs is 2. The third kappa shape index (κ3) is 22.7. The summed E-state index contributed by atoms with van der Waals surface area (Å²) in [5, 5.41) is 127. The number of hydrogen-bond donors (Lipinski definition) is 13. The van der Waals surface area contributed by atoms with Crippen molar-refractivity contribution in [3.05, 3.63) is 85.1 Å². The Balaban J connectivity index is 1.66. The van der Waals surface area contributed by atoms with E-state index in [0.717, 1.165) is 0 Å². The number of carbonyl (C=O) groups is 3. The van der Waals surface area contributed by atoms with Gasteiger partial charge in [0, 0.05) is 76.8 Å². The highest BCUT2D eigenvalue weighted by atomic mass is 16.7. The van der Waals surface area contributed by atoms with Gasteiger partial charge < -0.3 is 90.7 Å². The quantitative estimate of drug-likeness (QED) is 0.130. The van der Waals surface area contributed by atoms with Gasteiger partial charge in [0.05, 0.1) is 86.0 Å². The number of aliphatic hydroxyl groups excluding tert-OH is 10. The maximum Gasteiger partial charge on any atom is 0.308 e. The van der Waals surface area contributed by atoms with Crippen molar-refractivity contribution in [3.8, 4) is 0 Å². The molecule has 4 aliphatic rings. The molecule has 2 amide bonds. The Morgan fingerprint density at radius 2 is 1.30 bits per heavy atom. The van der Waals surface area contributed by atoms with E-state index in [1.807, 2.05) is 37.3 Å². The number of aliphatic hydroxyl groups is 11. The summed E-state index contributed by atoms with van der Waals surface area (Å²) >= 11 is 0. The van der Waals surface area contributed by atoms with E-state index in [0.29, 0.717) is 39.1 Å². The smallest absolute Gasteiger partial charge is 0.308 e. The first kappa shape index (κ1) is 67.5.